The summed E-state index contributed by atoms with van der Waals surface area (Å²) < 4.78 is 0. The number of benzene rings is 1. The maximum atomic E-state index is 10.4. The van der Waals surface area contributed by atoms with Crippen LogP contribution in [0.15, 0.2) is 24.3 Å². The van der Waals surface area contributed by atoms with Gasteiger partial charge in [-0.15, -0.1) is 0 Å². The van der Waals surface area contributed by atoms with Crippen LogP contribution in [0.3, 0.4) is 0 Å². The van der Waals surface area contributed by atoms with E-state index in [0.717, 1.165) is 12.0 Å². The molecule has 0 amide bonds. The highest BCUT2D eigenvalue weighted by molar-refractivity contribution is 5.33. The summed E-state index contributed by atoms with van der Waals surface area (Å²) in [5, 5.41) is 10.4. The molecule has 82 valence electrons. The van der Waals surface area contributed by atoms with Gasteiger partial charge in [0, 0.05) is 12.1 Å². The zero-order valence-electron chi connectivity index (χ0n) is 8.59. The smallest absolute Gasteiger partial charge is 0.269 e. The molecule has 0 aromatic heterocycles. The Morgan fingerprint density at radius 3 is 2.27 bits per heavy atom. The van der Waals surface area contributed by atoms with E-state index in [4.69, 9.17) is 11.5 Å². The van der Waals surface area contributed by atoms with Crippen molar-refractivity contribution >= 4 is 5.69 Å². The first-order chi connectivity index (χ1) is 7.00. The van der Waals surface area contributed by atoms with E-state index in [1.54, 1.807) is 12.1 Å². The fraction of sp³-hybridized carbons (Fsp3) is 0.400. The van der Waals surface area contributed by atoms with Crippen molar-refractivity contribution in [1.29, 1.82) is 0 Å². The van der Waals surface area contributed by atoms with Gasteiger partial charge in [0.1, 0.15) is 0 Å². The summed E-state index contributed by atoms with van der Waals surface area (Å²) in [6.07, 6.45) is 0.371. The predicted molar refractivity (Wildman–Crippen MR) is 58.1 cm³/mol. The molecule has 5 heteroatoms. The van der Waals surface area contributed by atoms with Crippen LogP contribution >= 0.6 is 0 Å². The van der Waals surface area contributed by atoms with Gasteiger partial charge in [-0.2, -0.15) is 0 Å². The third-order valence-corrected chi connectivity index (χ3v) is 2.36. The molecule has 0 heterocycles. The molecule has 15 heavy (non-hydrogen) atoms. The first kappa shape index (κ1) is 11.6. The summed E-state index contributed by atoms with van der Waals surface area (Å²) in [7, 11) is 0. The van der Waals surface area contributed by atoms with Crippen molar-refractivity contribution < 1.29 is 4.92 Å². The number of hydrogen-bond acceptors (Lipinski definition) is 4. The number of nitro groups is 1. The molecule has 1 rings (SSSR count). The van der Waals surface area contributed by atoms with Crippen LogP contribution in [0.1, 0.15) is 12.5 Å². The summed E-state index contributed by atoms with van der Waals surface area (Å²) >= 11 is 0. The lowest BCUT2D eigenvalue weighted by atomic mass is 9.99. The minimum Gasteiger partial charge on any atom is -0.316 e. The van der Waals surface area contributed by atoms with Crippen LogP contribution in [-0.4, -0.2) is 11.1 Å². The van der Waals surface area contributed by atoms with E-state index in [1.807, 2.05) is 6.92 Å². The maximum Gasteiger partial charge on any atom is 0.269 e. The number of non-ortho nitro benzene ring substituents is 1. The summed E-state index contributed by atoms with van der Waals surface area (Å²) in [6, 6.07) is 6.45. The van der Waals surface area contributed by atoms with Crippen molar-refractivity contribution in [3.8, 4) is 0 Å². The lowest BCUT2D eigenvalue weighted by Crippen LogP contribution is -2.38. The topological polar surface area (TPSA) is 95.2 Å². The number of rotatable bonds is 4. The van der Waals surface area contributed by atoms with Gasteiger partial charge >= 0.3 is 0 Å². The Bertz CT molecular complexity index is 335. The molecule has 1 atom stereocenters. The molecule has 0 saturated carbocycles. The van der Waals surface area contributed by atoms with Crippen LogP contribution in [0, 0.1) is 16.0 Å². The van der Waals surface area contributed by atoms with Crippen molar-refractivity contribution in [1.82, 2.24) is 0 Å². The molecule has 1 aromatic rings. The first-order valence-electron chi connectivity index (χ1n) is 4.75. The van der Waals surface area contributed by atoms with E-state index in [-0.39, 0.29) is 17.8 Å². The van der Waals surface area contributed by atoms with Gasteiger partial charge in [0.05, 0.1) is 11.1 Å². The normalized spacial score (nSPS) is 12.8. The summed E-state index contributed by atoms with van der Waals surface area (Å²) in [5.41, 5.74) is 12.2. The van der Waals surface area contributed by atoms with Gasteiger partial charge in [0.15, 0.2) is 0 Å². The molecule has 0 aliphatic carbocycles. The van der Waals surface area contributed by atoms with E-state index in [1.165, 1.54) is 12.1 Å². The Labute approximate surface area is 88.2 Å². The average Bonchev–Trinajstić information content (AvgIpc) is 2.18. The van der Waals surface area contributed by atoms with E-state index >= 15 is 0 Å². The molecule has 5 nitrogen and oxygen atoms in total. The van der Waals surface area contributed by atoms with Crippen molar-refractivity contribution in [2.75, 3.05) is 0 Å². The minimum absolute atomic E-state index is 0.100. The summed E-state index contributed by atoms with van der Waals surface area (Å²) in [4.78, 5) is 9.99. The Morgan fingerprint density at radius 2 is 1.87 bits per heavy atom. The van der Waals surface area contributed by atoms with Gasteiger partial charge in [-0.05, 0) is 17.9 Å². The fourth-order valence-electron chi connectivity index (χ4n) is 1.26. The van der Waals surface area contributed by atoms with Crippen molar-refractivity contribution in [3.63, 3.8) is 0 Å². The lowest BCUT2D eigenvalue weighted by molar-refractivity contribution is -0.384. The lowest BCUT2D eigenvalue weighted by Gasteiger charge is -2.14. The minimum atomic E-state index is -0.415. The molecule has 0 fully saturated rings. The van der Waals surface area contributed by atoms with Crippen LogP contribution in [0.4, 0.5) is 5.69 Å². The largest absolute Gasteiger partial charge is 0.316 e. The van der Waals surface area contributed by atoms with Crippen LogP contribution < -0.4 is 11.5 Å². The summed E-state index contributed by atoms with van der Waals surface area (Å²) in [6.45, 7) is 1.95. The molecule has 0 bridgehead atoms. The van der Waals surface area contributed by atoms with Gasteiger partial charge in [0.2, 0.25) is 0 Å². The van der Waals surface area contributed by atoms with E-state index in [9.17, 15) is 10.1 Å². The van der Waals surface area contributed by atoms with Crippen molar-refractivity contribution in [2.45, 2.75) is 19.5 Å². The molecule has 0 spiro atoms. The van der Waals surface area contributed by atoms with Gasteiger partial charge < -0.3 is 11.5 Å². The second kappa shape index (κ2) is 4.86. The third-order valence-electron chi connectivity index (χ3n) is 2.36. The van der Waals surface area contributed by atoms with E-state index < -0.39 is 4.92 Å². The molecular weight excluding hydrogens is 194 g/mol. The van der Waals surface area contributed by atoms with Crippen LogP contribution in [0.25, 0.3) is 0 Å². The Balaban J connectivity index is 2.68. The fourth-order valence-corrected chi connectivity index (χ4v) is 1.26. The zero-order valence-corrected chi connectivity index (χ0v) is 8.59. The van der Waals surface area contributed by atoms with Gasteiger partial charge in [-0.3, -0.25) is 10.1 Å². The molecule has 0 radical (unpaired) electrons. The molecule has 0 aliphatic rings. The monoisotopic (exact) mass is 209 g/mol. The molecule has 0 aliphatic heterocycles. The quantitative estimate of drug-likeness (QED) is 0.439. The second-order valence-electron chi connectivity index (χ2n) is 3.68. The standard InChI is InChI=1S/C10H15N3O2/c1-7(10(11)12)6-8-2-4-9(5-3-8)13(14)15/h2-5,7,10H,6,11-12H2,1H3. The summed E-state index contributed by atoms with van der Waals surface area (Å²) in [5.74, 6) is 0.159. The van der Waals surface area contributed by atoms with Crippen molar-refractivity contribution in [2.24, 2.45) is 17.4 Å². The van der Waals surface area contributed by atoms with Gasteiger partial charge in [0.25, 0.3) is 5.69 Å². The van der Waals surface area contributed by atoms with Crippen LogP contribution in [0.5, 0.6) is 0 Å². The number of hydrogen-bond donors (Lipinski definition) is 2. The highest BCUT2D eigenvalue weighted by atomic mass is 16.6. The predicted octanol–water partition coefficient (Wildman–Crippen LogP) is 1.02. The van der Waals surface area contributed by atoms with Crippen LogP contribution in [-0.2, 0) is 6.42 Å². The Kier molecular flexibility index (Phi) is 3.76. The Morgan fingerprint density at radius 1 is 1.33 bits per heavy atom. The molecular formula is C10H15N3O2. The number of nitro benzene ring substituents is 1. The SMILES string of the molecule is CC(Cc1ccc([N+](=O)[O-])cc1)C(N)N. The Hall–Kier alpha value is -1.46. The third kappa shape index (κ3) is 3.30. The van der Waals surface area contributed by atoms with E-state index in [2.05, 4.69) is 0 Å². The van der Waals surface area contributed by atoms with Gasteiger partial charge in [-0.1, -0.05) is 19.1 Å². The average molecular weight is 209 g/mol. The molecule has 4 N–H and O–H groups in total. The molecule has 0 saturated heterocycles. The number of nitrogens with two attached hydrogens (primary N) is 2. The zero-order chi connectivity index (χ0) is 11.4. The maximum absolute atomic E-state index is 10.4. The molecule has 1 aromatic carbocycles. The first-order valence-corrected chi connectivity index (χ1v) is 4.75. The van der Waals surface area contributed by atoms with E-state index in [0.29, 0.717) is 0 Å². The second-order valence-corrected chi connectivity index (χ2v) is 3.68. The van der Waals surface area contributed by atoms with Crippen LogP contribution in [0.2, 0.25) is 0 Å². The highest BCUT2D eigenvalue weighted by Crippen LogP contribution is 2.15. The highest BCUT2D eigenvalue weighted by Gasteiger charge is 2.10. The molecule has 1 unspecified atom stereocenters. The van der Waals surface area contributed by atoms with Crippen molar-refractivity contribution in [3.05, 3.63) is 39.9 Å². The van der Waals surface area contributed by atoms with Gasteiger partial charge in [-0.25, -0.2) is 0 Å². The number of nitrogens with zero attached hydrogens (tertiary/aromatic N) is 1.